The lowest BCUT2D eigenvalue weighted by atomic mass is 9.99. The van der Waals surface area contributed by atoms with Crippen molar-refractivity contribution in [2.24, 2.45) is 5.92 Å². The summed E-state index contributed by atoms with van der Waals surface area (Å²) in [7, 11) is 0. The maximum absolute atomic E-state index is 13.1. The number of aromatic nitrogens is 2. The second-order valence-electron chi connectivity index (χ2n) is 8.92. The molecule has 2 amide bonds. The lowest BCUT2D eigenvalue weighted by Gasteiger charge is -2.25. The molecule has 35 heavy (non-hydrogen) atoms. The number of hydrogen-bond acceptors (Lipinski definition) is 7. The van der Waals surface area contributed by atoms with Gasteiger partial charge in [-0.05, 0) is 24.0 Å². The van der Waals surface area contributed by atoms with Gasteiger partial charge in [0.05, 0.1) is 18.2 Å². The maximum atomic E-state index is 13.1. The summed E-state index contributed by atoms with van der Waals surface area (Å²) in [6, 6.07) is 16.7. The van der Waals surface area contributed by atoms with Gasteiger partial charge in [-0.25, -0.2) is 0 Å². The third-order valence-corrected chi connectivity index (χ3v) is 7.00. The van der Waals surface area contributed by atoms with Crippen LogP contribution < -0.4 is 5.32 Å². The molecule has 2 heterocycles. The Labute approximate surface area is 208 Å². The van der Waals surface area contributed by atoms with E-state index in [-0.39, 0.29) is 29.6 Å². The van der Waals surface area contributed by atoms with Crippen LogP contribution >= 0.6 is 11.8 Å². The summed E-state index contributed by atoms with van der Waals surface area (Å²) in [4.78, 5) is 40.1. The number of benzene rings is 2. The Morgan fingerprint density at radius 3 is 2.63 bits per heavy atom. The Kier molecular flexibility index (Phi) is 7.65. The minimum Gasteiger partial charge on any atom is -0.418 e. The number of hydrogen-bond donors (Lipinski definition) is 1. The minimum atomic E-state index is -0.852. The summed E-state index contributed by atoms with van der Waals surface area (Å²) in [5, 5.41) is 10.5. The Bertz CT molecular complexity index is 1210. The second-order valence-corrected chi connectivity index (χ2v) is 9.98. The van der Waals surface area contributed by atoms with E-state index < -0.39 is 17.7 Å². The molecule has 1 fully saturated rings. The van der Waals surface area contributed by atoms with Gasteiger partial charge in [0.1, 0.15) is 11.9 Å². The van der Waals surface area contributed by atoms with Gasteiger partial charge < -0.3 is 14.6 Å². The molecule has 0 radical (unpaired) electrons. The van der Waals surface area contributed by atoms with Crippen LogP contribution in [0.3, 0.4) is 0 Å². The number of thioether (sulfide) groups is 1. The second kappa shape index (κ2) is 10.9. The fourth-order valence-electron chi connectivity index (χ4n) is 3.98. The summed E-state index contributed by atoms with van der Waals surface area (Å²) in [6.45, 7) is 5.52. The first-order chi connectivity index (χ1) is 16.8. The lowest BCUT2D eigenvalue weighted by molar-refractivity contribution is -0.134. The zero-order valence-electron chi connectivity index (χ0n) is 19.9. The number of nitrogens with one attached hydrogen (secondary N) is 1. The molecule has 0 saturated carbocycles. The van der Waals surface area contributed by atoms with E-state index in [1.807, 2.05) is 75.4 Å². The first-order valence-electron chi connectivity index (χ1n) is 11.5. The summed E-state index contributed by atoms with van der Waals surface area (Å²) in [5.74, 6) is -0.673. The molecule has 9 heteroatoms. The molecule has 182 valence electrons. The van der Waals surface area contributed by atoms with Gasteiger partial charge in [-0.1, -0.05) is 74.0 Å². The minimum absolute atomic E-state index is 0.107. The Hall–Kier alpha value is -3.46. The van der Waals surface area contributed by atoms with Crippen molar-refractivity contribution < 1.29 is 18.8 Å². The van der Waals surface area contributed by atoms with Gasteiger partial charge in [-0.15, -0.1) is 22.0 Å². The number of carbonyl (C=O) groups excluding carboxylic acids is 3. The molecule has 1 N–H and O–H groups in total. The van der Waals surface area contributed by atoms with Crippen molar-refractivity contribution in [3.8, 4) is 0 Å². The monoisotopic (exact) mass is 492 g/mol. The predicted molar refractivity (Wildman–Crippen MR) is 133 cm³/mol. The van der Waals surface area contributed by atoms with Crippen LogP contribution in [0, 0.1) is 12.8 Å². The highest BCUT2D eigenvalue weighted by atomic mass is 32.2. The first-order valence-corrected chi connectivity index (χ1v) is 12.5. The third kappa shape index (κ3) is 5.97. The van der Waals surface area contributed by atoms with Crippen LogP contribution in [-0.2, 0) is 16.0 Å². The SMILES string of the molecule is Cc1cccc(Cc2nnc(C(=O)C(NC(=O)CN3C(=O)CSC3c3ccccc3)C(C)C)o2)c1. The van der Waals surface area contributed by atoms with Crippen molar-refractivity contribution in [1.82, 2.24) is 20.4 Å². The quantitative estimate of drug-likeness (QED) is 0.455. The molecule has 1 aliphatic rings. The molecule has 8 nitrogen and oxygen atoms in total. The van der Waals surface area contributed by atoms with Crippen molar-refractivity contribution in [1.29, 1.82) is 0 Å². The molecule has 0 bridgehead atoms. The van der Waals surface area contributed by atoms with Crippen LogP contribution in [0.5, 0.6) is 0 Å². The highest BCUT2D eigenvalue weighted by Crippen LogP contribution is 2.38. The normalized spacial score (nSPS) is 16.5. The average molecular weight is 493 g/mol. The van der Waals surface area contributed by atoms with Crippen LogP contribution in [0.4, 0.5) is 0 Å². The van der Waals surface area contributed by atoms with Gasteiger partial charge in [0, 0.05) is 0 Å². The highest BCUT2D eigenvalue weighted by Gasteiger charge is 2.36. The molecule has 0 aliphatic carbocycles. The van der Waals surface area contributed by atoms with Crippen molar-refractivity contribution in [2.45, 2.75) is 38.6 Å². The molecule has 3 aromatic rings. The van der Waals surface area contributed by atoms with E-state index in [9.17, 15) is 14.4 Å². The largest absolute Gasteiger partial charge is 0.418 e. The fourth-order valence-corrected chi connectivity index (χ4v) is 5.17. The lowest BCUT2D eigenvalue weighted by Crippen LogP contribution is -2.48. The molecule has 1 saturated heterocycles. The van der Waals surface area contributed by atoms with Crippen LogP contribution in [0.1, 0.15) is 52.5 Å². The van der Waals surface area contributed by atoms with Crippen LogP contribution in [-0.4, -0.2) is 51.0 Å². The molecule has 1 aliphatic heterocycles. The Balaban J connectivity index is 1.42. The van der Waals surface area contributed by atoms with Crippen LogP contribution in [0.15, 0.2) is 59.0 Å². The van der Waals surface area contributed by atoms with Gasteiger partial charge in [-0.3, -0.25) is 14.4 Å². The van der Waals surface area contributed by atoms with Crippen molar-refractivity contribution in [3.05, 3.63) is 83.1 Å². The van der Waals surface area contributed by atoms with E-state index in [1.54, 1.807) is 4.90 Å². The fraction of sp³-hybridized carbons (Fsp3) is 0.346. The topological polar surface area (TPSA) is 105 Å². The van der Waals surface area contributed by atoms with Gasteiger partial charge in [0.15, 0.2) is 0 Å². The van der Waals surface area contributed by atoms with Crippen molar-refractivity contribution in [2.75, 3.05) is 12.3 Å². The molecule has 2 aromatic carbocycles. The first kappa shape index (κ1) is 24.7. The maximum Gasteiger partial charge on any atom is 0.286 e. The summed E-state index contributed by atoms with van der Waals surface area (Å²) < 4.78 is 5.64. The Morgan fingerprint density at radius 1 is 1.14 bits per heavy atom. The molecule has 2 unspecified atom stereocenters. The van der Waals surface area contributed by atoms with E-state index in [0.29, 0.717) is 18.1 Å². The molecular formula is C26H28N4O4S. The smallest absolute Gasteiger partial charge is 0.286 e. The molecule has 2 atom stereocenters. The molecular weight excluding hydrogens is 464 g/mol. The number of aryl methyl sites for hydroxylation is 1. The number of amides is 2. The van der Waals surface area contributed by atoms with Gasteiger partial charge >= 0.3 is 0 Å². The van der Waals surface area contributed by atoms with Crippen LogP contribution in [0.25, 0.3) is 0 Å². The van der Waals surface area contributed by atoms with Crippen LogP contribution in [0.2, 0.25) is 0 Å². The Morgan fingerprint density at radius 2 is 1.91 bits per heavy atom. The van der Waals surface area contributed by atoms with E-state index in [4.69, 9.17) is 4.42 Å². The number of carbonyl (C=O) groups is 3. The number of nitrogens with zero attached hydrogens (tertiary/aromatic N) is 3. The summed E-state index contributed by atoms with van der Waals surface area (Å²) in [6.07, 6.45) is 0.413. The number of rotatable bonds is 9. The highest BCUT2D eigenvalue weighted by molar-refractivity contribution is 8.00. The number of Topliss-reactive ketones (excluding diaryl/α,β-unsaturated/α-hetero) is 1. The van der Waals surface area contributed by atoms with E-state index in [0.717, 1.165) is 16.7 Å². The van der Waals surface area contributed by atoms with E-state index >= 15 is 0 Å². The van der Waals surface area contributed by atoms with Crippen molar-refractivity contribution in [3.63, 3.8) is 0 Å². The van der Waals surface area contributed by atoms with Gasteiger partial charge in [0.25, 0.3) is 5.89 Å². The number of ketones is 1. The van der Waals surface area contributed by atoms with Gasteiger partial charge in [0.2, 0.25) is 23.5 Å². The zero-order valence-corrected chi connectivity index (χ0v) is 20.7. The van der Waals surface area contributed by atoms with E-state index in [2.05, 4.69) is 15.5 Å². The summed E-state index contributed by atoms with van der Waals surface area (Å²) >= 11 is 1.48. The molecule has 0 spiro atoms. The standard InChI is InChI=1S/C26H28N4O4S/c1-16(2)23(24(33)25-29-28-21(34-25)13-18-9-7-8-17(3)12-18)27-20(31)14-30-22(32)15-35-26(30)19-10-5-4-6-11-19/h4-12,16,23,26H,13-15H2,1-3H3,(H,27,31). The van der Waals surface area contributed by atoms with Crippen molar-refractivity contribution >= 4 is 29.4 Å². The third-order valence-electron chi connectivity index (χ3n) is 5.75. The van der Waals surface area contributed by atoms with E-state index in [1.165, 1.54) is 11.8 Å². The van der Waals surface area contributed by atoms with Gasteiger partial charge in [-0.2, -0.15) is 0 Å². The molecule has 4 rings (SSSR count). The summed E-state index contributed by atoms with van der Waals surface area (Å²) in [5.41, 5.74) is 3.08. The molecule has 1 aromatic heterocycles. The zero-order chi connectivity index (χ0) is 24.9. The predicted octanol–water partition coefficient (Wildman–Crippen LogP) is 3.57. The average Bonchev–Trinajstić information content (AvgIpc) is 3.44.